The zero-order valence-corrected chi connectivity index (χ0v) is 10.6. The van der Waals surface area contributed by atoms with E-state index in [1.165, 1.54) is 22.3 Å². The molecule has 1 aromatic heterocycles. The highest BCUT2D eigenvalue weighted by Crippen LogP contribution is 2.21. The van der Waals surface area contributed by atoms with Crippen molar-refractivity contribution in [2.24, 2.45) is 0 Å². The predicted molar refractivity (Wildman–Crippen MR) is 71.9 cm³/mol. The Morgan fingerprint density at radius 3 is 2.35 bits per heavy atom. The number of nitrogens with zero attached hydrogens (tertiary/aromatic N) is 1. The maximum atomic E-state index is 4.22. The molecule has 0 fully saturated rings. The molecule has 2 rings (SSSR count). The molecule has 2 nitrogen and oxygen atoms in total. The van der Waals surface area contributed by atoms with Gasteiger partial charge in [0.05, 0.1) is 0 Å². The average molecular weight is 226 g/mol. The molecule has 1 unspecified atom stereocenters. The van der Waals surface area contributed by atoms with Crippen LogP contribution in [-0.4, -0.2) is 12.0 Å². The van der Waals surface area contributed by atoms with Gasteiger partial charge < -0.3 is 5.32 Å². The third-order valence-corrected chi connectivity index (χ3v) is 3.05. The Morgan fingerprint density at radius 2 is 1.76 bits per heavy atom. The van der Waals surface area contributed by atoms with Crippen molar-refractivity contribution in [2.75, 3.05) is 7.05 Å². The second kappa shape index (κ2) is 5.11. The van der Waals surface area contributed by atoms with Gasteiger partial charge in [-0.1, -0.05) is 24.3 Å². The number of nitrogens with one attached hydrogen (secondary N) is 1. The van der Waals surface area contributed by atoms with Crippen LogP contribution in [0.3, 0.4) is 0 Å². The summed E-state index contributed by atoms with van der Waals surface area (Å²) < 4.78 is 0. The van der Waals surface area contributed by atoms with Crippen molar-refractivity contribution in [3.8, 4) is 11.1 Å². The minimum atomic E-state index is 0.389. The van der Waals surface area contributed by atoms with Gasteiger partial charge in [0.15, 0.2) is 0 Å². The van der Waals surface area contributed by atoms with Crippen LogP contribution in [0.15, 0.2) is 42.7 Å². The standard InChI is InChI=1S/C15H18N2/c1-11-8-15(10-17-9-11)14-6-4-13(5-7-14)12(2)16-3/h4-10,12,16H,1-3H3. The number of hydrogen-bond donors (Lipinski definition) is 1. The Morgan fingerprint density at radius 1 is 1.06 bits per heavy atom. The van der Waals surface area contributed by atoms with Gasteiger partial charge in [-0.25, -0.2) is 0 Å². The number of hydrogen-bond acceptors (Lipinski definition) is 2. The summed E-state index contributed by atoms with van der Waals surface area (Å²) in [6.45, 7) is 4.22. The maximum absolute atomic E-state index is 4.22. The summed E-state index contributed by atoms with van der Waals surface area (Å²) in [6, 6.07) is 11.2. The summed E-state index contributed by atoms with van der Waals surface area (Å²) in [6.07, 6.45) is 3.78. The van der Waals surface area contributed by atoms with Gasteiger partial charge in [-0.15, -0.1) is 0 Å². The van der Waals surface area contributed by atoms with Gasteiger partial charge in [-0.3, -0.25) is 4.98 Å². The van der Waals surface area contributed by atoms with E-state index in [9.17, 15) is 0 Å². The summed E-state index contributed by atoms with van der Waals surface area (Å²) >= 11 is 0. The normalized spacial score (nSPS) is 12.4. The molecule has 1 atom stereocenters. The van der Waals surface area contributed by atoms with Gasteiger partial charge in [0.25, 0.3) is 0 Å². The molecule has 1 N–H and O–H groups in total. The van der Waals surface area contributed by atoms with E-state index >= 15 is 0 Å². The Kier molecular flexibility index (Phi) is 3.55. The average Bonchev–Trinajstić information content (AvgIpc) is 2.38. The minimum Gasteiger partial charge on any atom is -0.313 e. The van der Waals surface area contributed by atoms with E-state index < -0.39 is 0 Å². The first kappa shape index (κ1) is 11.8. The van der Waals surface area contributed by atoms with Gasteiger partial charge in [0.1, 0.15) is 0 Å². The van der Waals surface area contributed by atoms with E-state index in [4.69, 9.17) is 0 Å². The molecule has 0 amide bonds. The Hall–Kier alpha value is -1.67. The minimum absolute atomic E-state index is 0.389. The first-order chi connectivity index (χ1) is 8.20. The Labute approximate surface area is 103 Å². The molecule has 1 heterocycles. The molecule has 0 spiro atoms. The summed E-state index contributed by atoms with van der Waals surface area (Å²) in [5, 5.41) is 3.24. The molecule has 1 aromatic carbocycles. The highest BCUT2D eigenvalue weighted by molar-refractivity contribution is 5.63. The van der Waals surface area contributed by atoms with Crippen molar-refractivity contribution in [2.45, 2.75) is 19.9 Å². The topological polar surface area (TPSA) is 24.9 Å². The summed E-state index contributed by atoms with van der Waals surface area (Å²) in [7, 11) is 1.98. The first-order valence-corrected chi connectivity index (χ1v) is 5.90. The highest BCUT2D eigenvalue weighted by Gasteiger charge is 2.03. The van der Waals surface area contributed by atoms with Crippen LogP contribution in [0.1, 0.15) is 24.1 Å². The fourth-order valence-corrected chi connectivity index (χ4v) is 1.84. The SMILES string of the molecule is CNC(C)c1ccc(-c2cncc(C)c2)cc1. The fourth-order valence-electron chi connectivity index (χ4n) is 1.84. The van der Waals surface area contributed by atoms with Crippen molar-refractivity contribution < 1.29 is 0 Å². The molecule has 0 aliphatic carbocycles. The molecule has 0 radical (unpaired) electrons. The lowest BCUT2D eigenvalue weighted by Gasteiger charge is -2.11. The molecule has 0 saturated carbocycles. The molecule has 0 bridgehead atoms. The van der Waals surface area contributed by atoms with Crippen molar-refractivity contribution in [3.05, 3.63) is 53.9 Å². The highest BCUT2D eigenvalue weighted by atomic mass is 14.8. The molecule has 2 heteroatoms. The van der Waals surface area contributed by atoms with E-state index in [0.29, 0.717) is 6.04 Å². The Bertz CT molecular complexity index is 489. The lowest BCUT2D eigenvalue weighted by Crippen LogP contribution is -2.11. The third kappa shape index (κ3) is 2.71. The molecule has 0 saturated heterocycles. The van der Waals surface area contributed by atoms with E-state index in [2.05, 4.69) is 54.5 Å². The largest absolute Gasteiger partial charge is 0.313 e. The summed E-state index contributed by atoms with van der Waals surface area (Å²) in [5.41, 5.74) is 4.88. The van der Waals surface area contributed by atoms with Crippen LogP contribution in [0.2, 0.25) is 0 Å². The third-order valence-electron chi connectivity index (χ3n) is 3.05. The molecular weight excluding hydrogens is 208 g/mol. The van der Waals surface area contributed by atoms with Crippen LogP contribution in [0.25, 0.3) is 11.1 Å². The zero-order chi connectivity index (χ0) is 12.3. The summed E-state index contributed by atoms with van der Waals surface area (Å²) in [5.74, 6) is 0. The zero-order valence-electron chi connectivity index (χ0n) is 10.6. The maximum Gasteiger partial charge on any atom is 0.0346 e. The molecule has 0 aliphatic rings. The molecule has 88 valence electrons. The molecule has 2 aromatic rings. The van der Waals surface area contributed by atoms with Gasteiger partial charge in [-0.2, -0.15) is 0 Å². The first-order valence-electron chi connectivity index (χ1n) is 5.90. The Balaban J connectivity index is 2.29. The van der Waals surface area contributed by atoms with Gasteiger partial charge in [0, 0.05) is 24.0 Å². The van der Waals surface area contributed by atoms with E-state index in [1.807, 2.05) is 19.4 Å². The monoisotopic (exact) mass is 226 g/mol. The van der Waals surface area contributed by atoms with Crippen molar-refractivity contribution in [1.82, 2.24) is 10.3 Å². The molecule has 17 heavy (non-hydrogen) atoms. The second-order valence-corrected chi connectivity index (χ2v) is 4.38. The van der Waals surface area contributed by atoms with E-state index in [-0.39, 0.29) is 0 Å². The van der Waals surface area contributed by atoms with Gasteiger partial charge in [-0.05, 0) is 43.7 Å². The lowest BCUT2D eigenvalue weighted by atomic mass is 10.0. The summed E-state index contributed by atoms with van der Waals surface area (Å²) in [4.78, 5) is 4.22. The van der Waals surface area contributed by atoms with Crippen LogP contribution in [0.5, 0.6) is 0 Å². The number of benzene rings is 1. The lowest BCUT2D eigenvalue weighted by molar-refractivity contribution is 0.652. The van der Waals surface area contributed by atoms with Crippen molar-refractivity contribution in [3.63, 3.8) is 0 Å². The van der Waals surface area contributed by atoms with Gasteiger partial charge >= 0.3 is 0 Å². The van der Waals surface area contributed by atoms with Crippen molar-refractivity contribution in [1.29, 1.82) is 0 Å². The van der Waals surface area contributed by atoms with Crippen LogP contribution >= 0.6 is 0 Å². The van der Waals surface area contributed by atoms with Gasteiger partial charge in [0.2, 0.25) is 0 Å². The van der Waals surface area contributed by atoms with Crippen LogP contribution in [0.4, 0.5) is 0 Å². The second-order valence-electron chi connectivity index (χ2n) is 4.38. The quantitative estimate of drug-likeness (QED) is 0.868. The number of rotatable bonds is 3. The fraction of sp³-hybridized carbons (Fsp3) is 0.267. The number of aryl methyl sites for hydroxylation is 1. The van der Waals surface area contributed by atoms with Crippen molar-refractivity contribution >= 4 is 0 Å². The number of pyridine rings is 1. The van der Waals surface area contributed by atoms with Crippen LogP contribution in [-0.2, 0) is 0 Å². The molecule has 0 aliphatic heterocycles. The molecular formula is C15H18N2. The smallest absolute Gasteiger partial charge is 0.0346 e. The predicted octanol–water partition coefficient (Wildman–Crippen LogP) is 3.34. The van der Waals surface area contributed by atoms with E-state index in [0.717, 1.165) is 0 Å². The van der Waals surface area contributed by atoms with Crippen LogP contribution in [0, 0.1) is 6.92 Å². The number of aromatic nitrogens is 1. The van der Waals surface area contributed by atoms with Crippen LogP contribution < -0.4 is 5.32 Å². The van der Waals surface area contributed by atoms with E-state index in [1.54, 1.807) is 0 Å².